The van der Waals surface area contributed by atoms with Crippen LogP contribution in [0.1, 0.15) is 37.2 Å². The van der Waals surface area contributed by atoms with Crippen molar-refractivity contribution in [3.63, 3.8) is 0 Å². The van der Waals surface area contributed by atoms with Crippen LogP contribution in [0, 0.1) is 5.92 Å². The van der Waals surface area contributed by atoms with Gasteiger partial charge in [-0.25, -0.2) is 0 Å². The fourth-order valence-corrected chi connectivity index (χ4v) is 3.08. The zero-order valence-electron chi connectivity index (χ0n) is 13.5. The van der Waals surface area contributed by atoms with Crippen molar-refractivity contribution in [1.82, 2.24) is 9.88 Å². The summed E-state index contributed by atoms with van der Waals surface area (Å²) in [6.07, 6.45) is 4.92. The molecule has 0 aliphatic carbocycles. The van der Waals surface area contributed by atoms with Gasteiger partial charge in [-0.15, -0.1) is 0 Å². The summed E-state index contributed by atoms with van der Waals surface area (Å²) in [6, 6.07) is 7.58. The summed E-state index contributed by atoms with van der Waals surface area (Å²) in [7, 11) is 0. The van der Waals surface area contributed by atoms with Crippen LogP contribution in [0.4, 0.5) is 0 Å². The predicted molar refractivity (Wildman–Crippen MR) is 85.8 cm³/mol. The first-order valence-corrected chi connectivity index (χ1v) is 8.00. The Balaban J connectivity index is 1.77. The monoisotopic (exact) mass is 314 g/mol. The summed E-state index contributed by atoms with van der Waals surface area (Å²) in [5, 5.41) is 0. The zero-order chi connectivity index (χ0) is 16.2. The molecule has 3 heterocycles. The van der Waals surface area contributed by atoms with E-state index in [0.29, 0.717) is 19.7 Å². The van der Waals surface area contributed by atoms with E-state index in [1.165, 1.54) is 0 Å². The maximum atomic E-state index is 13.1. The van der Waals surface area contributed by atoms with E-state index in [1.54, 1.807) is 18.7 Å². The van der Waals surface area contributed by atoms with Crippen LogP contribution < -0.4 is 0 Å². The van der Waals surface area contributed by atoms with Gasteiger partial charge in [-0.05, 0) is 35.7 Å². The Morgan fingerprint density at radius 1 is 1.30 bits per heavy atom. The highest BCUT2D eigenvalue weighted by Gasteiger charge is 2.33. The summed E-state index contributed by atoms with van der Waals surface area (Å²) >= 11 is 0. The number of nitrogens with zero attached hydrogens (tertiary/aromatic N) is 2. The SMILES string of the molecule is CC(C)C(C(=O)N1CCOC(c2ccco2)C1)c1ccncc1. The summed E-state index contributed by atoms with van der Waals surface area (Å²) in [6.45, 7) is 5.82. The van der Waals surface area contributed by atoms with Crippen molar-refractivity contribution >= 4 is 5.91 Å². The van der Waals surface area contributed by atoms with Gasteiger partial charge in [-0.3, -0.25) is 9.78 Å². The number of rotatable bonds is 4. The average Bonchev–Trinajstić information content (AvgIpc) is 3.10. The van der Waals surface area contributed by atoms with Crippen molar-refractivity contribution in [2.75, 3.05) is 19.7 Å². The van der Waals surface area contributed by atoms with Crippen LogP contribution in [-0.4, -0.2) is 35.5 Å². The first-order valence-electron chi connectivity index (χ1n) is 8.00. The molecule has 1 aliphatic rings. The van der Waals surface area contributed by atoms with Gasteiger partial charge in [0.05, 0.1) is 25.3 Å². The molecule has 0 spiro atoms. The number of hydrogen-bond acceptors (Lipinski definition) is 4. The van der Waals surface area contributed by atoms with E-state index >= 15 is 0 Å². The number of carbonyl (C=O) groups is 1. The zero-order valence-corrected chi connectivity index (χ0v) is 13.5. The van der Waals surface area contributed by atoms with Gasteiger partial charge in [0.25, 0.3) is 0 Å². The van der Waals surface area contributed by atoms with Gasteiger partial charge >= 0.3 is 0 Å². The molecule has 23 heavy (non-hydrogen) atoms. The highest BCUT2D eigenvalue weighted by atomic mass is 16.5. The molecule has 5 nitrogen and oxygen atoms in total. The van der Waals surface area contributed by atoms with Crippen molar-refractivity contribution < 1.29 is 13.9 Å². The van der Waals surface area contributed by atoms with Gasteiger partial charge in [-0.1, -0.05) is 13.8 Å². The number of morpholine rings is 1. The van der Waals surface area contributed by atoms with E-state index in [2.05, 4.69) is 18.8 Å². The van der Waals surface area contributed by atoms with Crippen molar-refractivity contribution in [1.29, 1.82) is 0 Å². The molecule has 0 radical (unpaired) electrons. The first kappa shape index (κ1) is 15.7. The van der Waals surface area contributed by atoms with Gasteiger partial charge in [0, 0.05) is 18.9 Å². The fraction of sp³-hybridized carbons (Fsp3) is 0.444. The molecule has 0 aromatic carbocycles. The molecule has 2 aromatic rings. The molecule has 3 rings (SSSR count). The molecule has 122 valence electrons. The Hall–Kier alpha value is -2.14. The Labute approximate surface area is 136 Å². The number of hydrogen-bond donors (Lipinski definition) is 0. The molecule has 1 amide bonds. The van der Waals surface area contributed by atoms with Gasteiger partial charge in [0.2, 0.25) is 5.91 Å². The summed E-state index contributed by atoms with van der Waals surface area (Å²) in [4.78, 5) is 19.0. The Bertz CT molecular complexity index is 625. The number of pyridine rings is 1. The molecule has 0 bridgehead atoms. The van der Waals surface area contributed by atoms with Gasteiger partial charge < -0.3 is 14.1 Å². The number of furan rings is 1. The molecular formula is C18H22N2O3. The fourth-order valence-electron chi connectivity index (χ4n) is 3.08. The Morgan fingerprint density at radius 2 is 2.09 bits per heavy atom. The summed E-state index contributed by atoms with van der Waals surface area (Å²) in [5.41, 5.74) is 1.01. The van der Waals surface area contributed by atoms with Crippen LogP contribution in [-0.2, 0) is 9.53 Å². The smallest absolute Gasteiger partial charge is 0.230 e. The molecule has 0 N–H and O–H groups in total. The van der Waals surface area contributed by atoms with Gasteiger partial charge in [-0.2, -0.15) is 0 Å². The minimum atomic E-state index is -0.187. The molecule has 2 aromatic heterocycles. The quantitative estimate of drug-likeness (QED) is 0.870. The molecule has 0 saturated carbocycles. The van der Waals surface area contributed by atoms with Crippen molar-refractivity contribution in [3.8, 4) is 0 Å². The van der Waals surface area contributed by atoms with Crippen LogP contribution in [0.15, 0.2) is 47.3 Å². The minimum absolute atomic E-state index is 0.144. The topological polar surface area (TPSA) is 55.6 Å². The van der Waals surface area contributed by atoms with Crippen LogP contribution >= 0.6 is 0 Å². The van der Waals surface area contributed by atoms with E-state index < -0.39 is 0 Å². The van der Waals surface area contributed by atoms with Crippen molar-refractivity contribution in [2.45, 2.75) is 25.9 Å². The first-order chi connectivity index (χ1) is 11.2. The van der Waals surface area contributed by atoms with E-state index in [9.17, 15) is 4.79 Å². The second-order valence-corrected chi connectivity index (χ2v) is 6.16. The third-order valence-electron chi connectivity index (χ3n) is 4.24. The van der Waals surface area contributed by atoms with Crippen LogP contribution in [0.25, 0.3) is 0 Å². The molecule has 1 aliphatic heterocycles. The highest BCUT2D eigenvalue weighted by molar-refractivity contribution is 5.84. The van der Waals surface area contributed by atoms with Crippen molar-refractivity contribution in [2.24, 2.45) is 5.92 Å². The second-order valence-electron chi connectivity index (χ2n) is 6.16. The van der Waals surface area contributed by atoms with Crippen LogP contribution in [0.5, 0.6) is 0 Å². The standard InChI is InChI=1S/C18H22N2O3/c1-13(2)17(14-5-7-19-8-6-14)18(21)20-9-11-23-16(12-20)15-4-3-10-22-15/h3-8,10,13,16-17H,9,11-12H2,1-2H3. The average molecular weight is 314 g/mol. The lowest BCUT2D eigenvalue weighted by Gasteiger charge is -2.35. The maximum Gasteiger partial charge on any atom is 0.230 e. The Morgan fingerprint density at radius 3 is 2.74 bits per heavy atom. The lowest BCUT2D eigenvalue weighted by Crippen LogP contribution is -2.45. The third-order valence-corrected chi connectivity index (χ3v) is 4.24. The minimum Gasteiger partial charge on any atom is -0.467 e. The molecule has 5 heteroatoms. The van der Waals surface area contributed by atoms with Crippen LogP contribution in [0.3, 0.4) is 0 Å². The highest BCUT2D eigenvalue weighted by Crippen LogP contribution is 2.29. The van der Waals surface area contributed by atoms with E-state index in [0.717, 1.165) is 11.3 Å². The number of ether oxygens (including phenoxy) is 1. The van der Waals surface area contributed by atoms with E-state index in [4.69, 9.17) is 9.15 Å². The van der Waals surface area contributed by atoms with E-state index in [-0.39, 0.29) is 23.8 Å². The molecule has 1 fully saturated rings. The maximum absolute atomic E-state index is 13.1. The lowest BCUT2D eigenvalue weighted by atomic mass is 9.87. The summed E-state index contributed by atoms with van der Waals surface area (Å²) < 4.78 is 11.2. The van der Waals surface area contributed by atoms with Gasteiger partial charge in [0.15, 0.2) is 0 Å². The number of aromatic nitrogens is 1. The van der Waals surface area contributed by atoms with Gasteiger partial charge in [0.1, 0.15) is 11.9 Å². The molecular weight excluding hydrogens is 292 g/mol. The predicted octanol–water partition coefficient (Wildman–Crippen LogP) is 3.01. The van der Waals surface area contributed by atoms with Crippen molar-refractivity contribution in [3.05, 3.63) is 54.2 Å². The van der Waals surface area contributed by atoms with E-state index in [1.807, 2.05) is 29.2 Å². The lowest BCUT2D eigenvalue weighted by molar-refractivity contribution is -0.142. The number of amides is 1. The Kier molecular flexibility index (Phi) is 4.76. The third kappa shape index (κ3) is 3.45. The summed E-state index contributed by atoms with van der Waals surface area (Å²) in [5.74, 6) is 0.974. The molecule has 2 unspecified atom stereocenters. The number of carbonyl (C=O) groups excluding carboxylic acids is 1. The molecule has 2 atom stereocenters. The normalized spacial score (nSPS) is 19.8. The molecule has 1 saturated heterocycles. The van der Waals surface area contributed by atoms with Crippen LogP contribution in [0.2, 0.25) is 0 Å². The second kappa shape index (κ2) is 6.96. The largest absolute Gasteiger partial charge is 0.467 e.